The van der Waals surface area contributed by atoms with E-state index in [0.29, 0.717) is 24.4 Å². The summed E-state index contributed by atoms with van der Waals surface area (Å²) in [6.07, 6.45) is 1.82. The van der Waals surface area contributed by atoms with Crippen molar-refractivity contribution in [3.8, 4) is 39.8 Å². The number of nitrogens with zero attached hydrogens (tertiary/aromatic N) is 3. The van der Waals surface area contributed by atoms with Gasteiger partial charge in [-0.2, -0.15) is 0 Å². The third-order valence-electron chi connectivity index (χ3n) is 10.2. The van der Waals surface area contributed by atoms with Crippen LogP contribution in [0.25, 0.3) is 22.5 Å². The monoisotopic (exact) mass is 854 g/mol. The number of aromatic hydroxyl groups is 1. The number of carbonyl (C=O) groups excluding carboxylic acids is 4. The van der Waals surface area contributed by atoms with Gasteiger partial charge in [-0.05, 0) is 66.3 Å². The number of aromatic nitrogens is 2. The summed E-state index contributed by atoms with van der Waals surface area (Å²) in [5, 5.41) is 39.6. The number of carboxylic acid groups (broad SMARTS) is 1. The van der Waals surface area contributed by atoms with E-state index in [-0.39, 0.29) is 65.3 Å². The van der Waals surface area contributed by atoms with Gasteiger partial charge in [0.05, 0.1) is 18.7 Å². The van der Waals surface area contributed by atoms with Crippen LogP contribution in [-0.2, 0) is 31.0 Å². The number of phenolic OH excluding ortho intramolecular Hbond substituents is 1. The van der Waals surface area contributed by atoms with E-state index in [1.165, 1.54) is 38.5 Å². The minimum atomic E-state index is -1.55. The number of ether oxygens (including phenoxy) is 2. The smallest absolute Gasteiger partial charge is 0.326 e. The van der Waals surface area contributed by atoms with Gasteiger partial charge in [0.25, 0.3) is 5.91 Å². The van der Waals surface area contributed by atoms with Crippen molar-refractivity contribution in [3.63, 3.8) is 0 Å². The Morgan fingerprint density at radius 3 is 2.27 bits per heavy atom. The number of benzene rings is 3. The van der Waals surface area contributed by atoms with E-state index in [9.17, 15) is 39.3 Å². The minimum absolute atomic E-state index is 0.0409. The Bertz CT molecular complexity index is 2260. The van der Waals surface area contributed by atoms with Crippen LogP contribution in [0.1, 0.15) is 67.2 Å². The van der Waals surface area contributed by atoms with Crippen LogP contribution < -0.4 is 36.9 Å². The van der Waals surface area contributed by atoms with Gasteiger partial charge in [0.15, 0.2) is 17.3 Å². The van der Waals surface area contributed by atoms with Crippen LogP contribution in [0, 0.1) is 0 Å². The lowest BCUT2D eigenvalue weighted by molar-refractivity contribution is -0.142. The zero-order valence-corrected chi connectivity index (χ0v) is 35.3. The zero-order chi connectivity index (χ0) is 45.3. The van der Waals surface area contributed by atoms with E-state index in [1.54, 1.807) is 18.2 Å². The number of aliphatic carboxylic acids is 1. The summed E-state index contributed by atoms with van der Waals surface area (Å²) in [6.45, 7) is 7.03. The predicted octanol–water partition coefficient (Wildman–Crippen LogP) is 1.80. The Morgan fingerprint density at radius 2 is 1.65 bits per heavy atom. The van der Waals surface area contributed by atoms with Gasteiger partial charge in [0.2, 0.25) is 17.7 Å². The summed E-state index contributed by atoms with van der Waals surface area (Å²) in [6, 6.07) is 11.0. The second kappa shape index (κ2) is 20.3. The van der Waals surface area contributed by atoms with Crippen molar-refractivity contribution in [2.75, 3.05) is 39.9 Å². The number of rotatable bonds is 14. The Labute approximate surface area is 359 Å². The second-order valence-corrected chi connectivity index (χ2v) is 16.0. The SMILES string of the molecule is C[C@@H]1NC(=O)[C@@H](N(C)C(=O)CNC(=O)c2cnc(-c3ccc(C(C)(C)C)cc3)nc2)c2cc(OC[C@H](O)CN)c(O)c(c2)-c2cc(ccc2OCCCN)C[C@@H](C(=O)O)NC1=O. The van der Waals surface area contributed by atoms with Gasteiger partial charge in [0.1, 0.15) is 36.6 Å². The molecule has 0 radical (unpaired) electrons. The lowest BCUT2D eigenvalue weighted by atomic mass is 9.87. The molecule has 3 aromatic carbocycles. The molecule has 0 unspecified atom stereocenters. The molecule has 0 saturated carbocycles. The van der Waals surface area contributed by atoms with Crippen molar-refractivity contribution in [2.24, 2.45) is 11.5 Å². The number of hydrogen-bond acceptors (Lipinski definition) is 13. The average molecular weight is 855 g/mol. The number of fused-ring (bicyclic) bond motifs is 5. The molecule has 4 aromatic rings. The van der Waals surface area contributed by atoms with Crippen molar-refractivity contribution in [1.82, 2.24) is 30.8 Å². The van der Waals surface area contributed by atoms with Crippen molar-refractivity contribution in [2.45, 2.75) is 70.2 Å². The number of carboxylic acids is 1. The van der Waals surface area contributed by atoms with Gasteiger partial charge in [-0.3, -0.25) is 19.2 Å². The highest BCUT2D eigenvalue weighted by Gasteiger charge is 2.34. The Morgan fingerprint density at radius 1 is 0.952 bits per heavy atom. The van der Waals surface area contributed by atoms with Gasteiger partial charge >= 0.3 is 5.97 Å². The third kappa shape index (κ3) is 11.4. The van der Waals surface area contributed by atoms with Crippen LogP contribution in [-0.4, -0.2) is 118 Å². The fourth-order valence-corrected chi connectivity index (χ4v) is 6.54. The van der Waals surface area contributed by atoms with Crippen molar-refractivity contribution in [3.05, 3.63) is 89.2 Å². The van der Waals surface area contributed by atoms with Crippen LogP contribution in [0.4, 0.5) is 0 Å². The van der Waals surface area contributed by atoms with Crippen LogP contribution in [0.3, 0.4) is 0 Å². The van der Waals surface area contributed by atoms with E-state index >= 15 is 0 Å². The minimum Gasteiger partial charge on any atom is -0.504 e. The number of nitrogens with one attached hydrogen (secondary N) is 3. The highest BCUT2D eigenvalue weighted by atomic mass is 16.5. The molecule has 2 heterocycles. The molecule has 18 heteroatoms. The van der Waals surface area contributed by atoms with Crippen molar-refractivity contribution in [1.29, 1.82) is 0 Å². The average Bonchev–Trinajstić information content (AvgIpc) is 3.24. The normalized spacial score (nSPS) is 17.1. The summed E-state index contributed by atoms with van der Waals surface area (Å²) < 4.78 is 11.9. The molecule has 0 aliphatic carbocycles. The lowest BCUT2D eigenvalue weighted by Gasteiger charge is -2.30. The standard InChI is InChI=1S/C44H54N8O10/c1-24-40(56)51-33(43(59)60)16-25-7-12-34(61-14-6-13-45)31(15-25)32-17-27(18-35(38(32)55)62-23-30(53)19-46)37(42(58)50-24)52(5)36(54)22-49-41(57)28-20-47-39(48-21-28)26-8-10-29(11-9-26)44(2,3)4/h7-12,15,17-18,20-21,24,30,33,37,53,55H,6,13-14,16,19,22-23,45-46H2,1-5H3,(H,49,57)(H,50,58)(H,51,56)(H,59,60)/t24-,30+,33-,37-/m0/s1. The van der Waals surface area contributed by atoms with E-state index in [2.05, 4.69) is 46.7 Å². The number of phenols is 1. The molecule has 1 aromatic heterocycles. The van der Waals surface area contributed by atoms with E-state index < -0.39 is 66.1 Å². The van der Waals surface area contributed by atoms with Gasteiger partial charge in [-0.15, -0.1) is 0 Å². The quantitative estimate of drug-likeness (QED) is 0.0841. The fourth-order valence-electron chi connectivity index (χ4n) is 6.54. The summed E-state index contributed by atoms with van der Waals surface area (Å²) in [5.74, 6) is -4.44. The first-order valence-electron chi connectivity index (χ1n) is 20.1. The molecule has 0 saturated heterocycles. The first-order chi connectivity index (χ1) is 29.4. The van der Waals surface area contributed by atoms with E-state index in [1.807, 2.05) is 24.3 Å². The third-order valence-corrected chi connectivity index (χ3v) is 10.2. The number of amides is 4. The molecule has 0 spiro atoms. The lowest BCUT2D eigenvalue weighted by Crippen LogP contribution is -2.53. The Balaban J connectivity index is 1.52. The summed E-state index contributed by atoms with van der Waals surface area (Å²) in [4.78, 5) is 76.9. The molecule has 4 atom stereocenters. The largest absolute Gasteiger partial charge is 0.504 e. The molecule has 1 aliphatic rings. The van der Waals surface area contributed by atoms with Gasteiger partial charge in [-0.1, -0.05) is 51.1 Å². The van der Waals surface area contributed by atoms with Crippen LogP contribution in [0.5, 0.6) is 17.2 Å². The molecule has 5 rings (SSSR count). The maximum absolute atomic E-state index is 14.3. The number of carbonyl (C=O) groups is 5. The number of hydrogen-bond donors (Lipinski definition) is 8. The Hall–Kier alpha value is -6.63. The molecular weight excluding hydrogens is 801 g/mol. The molecular formula is C44H54N8O10. The number of aliphatic hydroxyl groups is 1. The molecule has 62 heavy (non-hydrogen) atoms. The maximum atomic E-state index is 14.3. The van der Waals surface area contributed by atoms with Crippen LogP contribution in [0.15, 0.2) is 67.0 Å². The van der Waals surface area contributed by atoms with Gasteiger partial charge in [0, 0.05) is 49.1 Å². The zero-order valence-electron chi connectivity index (χ0n) is 35.3. The highest BCUT2D eigenvalue weighted by molar-refractivity contribution is 5.98. The second-order valence-electron chi connectivity index (χ2n) is 16.0. The molecule has 330 valence electrons. The summed E-state index contributed by atoms with van der Waals surface area (Å²) in [5.41, 5.74) is 14.1. The summed E-state index contributed by atoms with van der Waals surface area (Å²) in [7, 11) is 1.31. The highest BCUT2D eigenvalue weighted by Crippen LogP contribution is 2.44. The van der Waals surface area contributed by atoms with Crippen LogP contribution >= 0.6 is 0 Å². The summed E-state index contributed by atoms with van der Waals surface area (Å²) >= 11 is 0. The molecule has 10 N–H and O–H groups in total. The van der Waals surface area contributed by atoms with Gasteiger partial charge < -0.3 is 57.1 Å². The maximum Gasteiger partial charge on any atom is 0.326 e. The van der Waals surface area contributed by atoms with Gasteiger partial charge in [-0.25, -0.2) is 14.8 Å². The first-order valence-corrected chi connectivity index (χ1v) is 20.1. The topological polar surface area (TPSA) is 282 Å². The molecule has 1 aliphatic heterocycles. The van der Waals surface area contributed by atoms with Crippen molar-refractivity contribution >= 4 is 29.6 Å². The molecule has 4 bridgehead atoms. The fraction of sp³-hybridized carbons (Fsp3) is 0.386. The molecule has 4 amide bonds. The van der Waals surface area contributed by atoms with E-state index in [4.69, 9.17) is 20.9 Å². The first kappa shape index (κ1) is 46.4. The number of aliphatic hydroxyl groups excluding tert-OH is 1. The number of likely N-dealkylation sites (N-methyl/N-ethyl adjacent to an activating group) is 1. The predicted molar refractivity (Wildman–Crippen MR) is 228 cm³/mol. The Kier molecular flexibility index (Phi) is 15.2. The molecule has 0 fully saturated rings. The number of nitrogens with two attached hydrogens (primary N) is 2. The van der Waals surface area contributed by atoms with E-state index in [0.717, 1.165) is 16.0 Å². The molecule has 18 nitrogen and oxygen atoms in total. The van der Waals surface area contributed by atoms with Crippen LogP contribution in [0.2, 0.25) is 0 Å². The van der Waals surface area contributed by atoms with Crippen molar-refractivity contribution < 1.29 is 48.8 Å².